The smallest absolute Gasteiger partial charge is 0.465 e. The molecule has 5 nitrogen and oxygen atoms in total. The van der Waals surface area contributed by atoms with E-state index in [1.165, 1.54) is 31.8 Å². The molecule has 0 radical (unpaired) electrons. The molecule has 0 fully saturated rings. The van der Waals surface area contributed by atoms with Crippen LogP contribution < -0.4 is 5.46 Å². The molecule has 0 unspecified atom stereocenters. The molecule has 0 spiro atoms. The van der Waals surface area contributed by atoms with Gasteiger partial charge in [-0.05, 0) is 6.07 Å². The van der Waals surface area contributed by atoms with Crippen LogP contribution in [-0.4, -0.2) is 37.3 Å². The SMILES string of the molecule is COB(O)c1ccnc2c(C(=O)OC)csc12. The Morgan fingerprint density at radius 3 is 2.94 bits per heavy atom. The number of hydrogen-bond acceptors (Lipinski definition) is 6. The summed E-state index contributed by atoms with van der Waals surface area (Å²) in [5, 5.41) is 11.3. The van der Waals surface area contributed by atoms with E-state index in [9.17, 15) is 9.82 Å². The zero-order valence-electron chi connectivity index (χ0n) is 9.34. The molecule has 0 aliphatic rings. The third-order valence-electron chi connectivity index (χ3n) is 2.38. The van der Waals surface area contributed by atoms with Gasteiger partial charge in [-0.3, -0.25) is 4.98 Å². The zero-order chi connectivity index (χ0) is 12.4. The number of hydrogen-bond donors (Lipinski definition) is 1. The number of thiophene rings is 1. The molecule has 0 aliphatic heterocycles. The molecule has 0 bridgehead atoms. The van der Waals surface area contributed by atoms with Crippen LogP contribution in [-0.2, 0) is 9.39 Å². The van der Waals surface area contributed by atoms with Crippen LogP contribution in [0.15, 0.2) is 17.6 Å². The topological polar surface area (TPSA) is 68.7 Å². The molecule has 1 N–H and O–H groups in total. The molecule has 0 saturated carbocycles. The van der Waals surface area contributed by atoms with Crippen molar-refractivity contribution in [2.24, 2.45) is 0 Å². The molecule has 0 atom stereocenters. The highest BCUT2D eigenvalue weighted by molar-refractivity contribution is 7.19. The first-order valence-corrected chi connectivity index (χ1v) is 5.72. The van der Waals surface area contributed by atoms with Gasteiger partial charge in [0.1, 0.15) is 0 Å². The van der Waals surface area contributed by atoms with Crippen LogP contribution in [0, 0.1) is 0 Å². The number of carbonyl (C=O) groups excluding carboxylic acids is 1. The van der Waals surface area contributed by atoms with Gasteiger partial charge in [0, 0.05) is 24.1 Å². The summed E-state index contributed by atoms with van der Waals surface area (Å²) in [5.41, 5.74) is 1.52. The van der Waals surface area contributed by atoms with E-state index in [2.05, 4.69) is 9.72 Å². The number of carbonyl (C=O) groups is 1. The summed E-state index contributed by atoms with van der Waals surface area (Å²) in [5.74, 6) is -0.437. The van der Waals surface area contributed by atoms with Crippen molar-refractivity contribution in [1.29, 1.82) is 0 Å². The van der Waals surface area contributed by atoms with Gasteiger partial charge < -0.3 is 14.4 Å². The molecule has 0 aliphatic carbocycles. The Balaban J connectivity index is 2.60. The number of nitrogens with zero attached hydrogens (tertiary/aromatic N) is 1. The average Bonchev–Trinajstić information content (AvgIpc) is 2.80. The van der Waals surface area contributed by atoms with E-state index >= 15 is 0 Å². The second-order valence-electron chi connectivity index (χ2n) is 3.31. The van der Waals surface area contributed by atoms with Crippen molar-refractivity contribution in [2.45, 2.75) is 0 Å². The van der Waals surface area contributed by atoms with Crippen LogP contribution in [0.25, 0.3) is 10.2 Å². The highest BCUT2D eigenvalue weighted by Crippen LogP contribution is 2.23. The fraction of sp³-hybridized carbons (Fsp3) is 0.200. The monoisotopic (exact) mass is 251 g/mol. The molecular formula is C10H10BNO4S. The molecule has 2 rings (SSSR count). The van der Waals surface area contributed by atoms with Crippen LogP contribution in [0.4, 0.5) is 0 Å². The summed E-state index contributed by atoms with van der Waals surface area (Å²) < 4.78 is 10.2. The van der Waals surface area contributed by atoms with Gasteiger partial charge in [-0.2, -0.15) is 0 Å². The highest BCUT2D eigenvalue weighted by Gasteiger charge is 2.22. The van der Waals surface area contributed by atoms with E-state index in [-0.39, 0.29) is 0 Å². The molecule has 7 heteroatoms. The highest BCUT2D eigenvalue weighted by atomic mass is 32.1. The third kappa shape index (κ3) is 2.04. The number of aromatic nitrogens is 1. The van der Waals surface area contributed by atoms with Gasteiger partial charge >= 0.3 is 13.1 Å². The second kappa shape index (κ2) is 4.83. The lowest BCUT2D eigenvalue weighted by Gasteiger charge is -2.04. The van der Waals surface area contributed by atoms with E-state index in [0.29, 0.717) is 16.5 Å². The molecule has 88 valence electrons. The van der Waals surface area contributed by atoms with Crippen molar-refractivity contribution in [2.75, 3.05) is 14.2 Å². The Morgan fingerprint density at radius 2 is 2.29 bits per heavy atom. The van der Waals surface area contributed by atoms with Gasteiger partial charge in [-0.15, -0.1) is 11.3 Å². The van der Waals surface area contributed by atoms with Crippen molar-refractivity contribution in [1.82, 2.24) is 4.98 Å². The minimum atomic E-state index is -1.02. The summed E-state index contributed by atoms with van der Waals surface area (Å²) in [6.45, 7) is 0. The summed E-state index contributed by atoms with van der Waals surface area (Å²) in [6.07, 6.45) is 1.53. The maximum Gasteiger partial charge on any atom is 0.492 e. The molecule has 0 aromatic carbocycles. The van der Waals surface area contributed by atoms with E-state index in [1.54, 1.807) is 11.4 Å². The predicted molar refractivity (Wildman–Crippen MR) is 65.6 cm³/mol. The third-order valence-corrected chi connectivity index (χ3v) is 3.40. The van der Waals surface area contributed by atoms with Crippen LogP contribution in [0.3, 0.4) is 0 Å². The normalized spacial score (nSPS) is 10.5. The van der Waals surface area contributed by atoms with E-state index in [0.717, 1.165) is 4.70 Å². The first-order valence-electron chi connectivity index (χ1n) is 4.84. The quantitative estimate of drug-likeness (QED) is 0.632. The van der Waals surface area contributed by atoms with Crippen LogP contribution in [0.2, 0.25) is 0 Å². The minimum absolute atomic E-state index is 0.401. The Kier molecular flexibility index (Phi) is 3.42. The van der Waals surface area contributed by atoms with Crippen molar-refractivity contribution in [3.05, 3.63) is 23.2 Å². The number of rotatable bonds is 3. The zero-order valence-corrected chi connectivity index (χ0v) is 10.2. The van der Waals surface area contributed by atoms with Crippen LogP contribution in [0.1, 0.15) is 10.4 Å². The fourth-order valence-electron chi connectivity index (χ4n) is 1.53. The van der Waals surface area contributed by atoms with Gasteiger partial charge in [0.25, 0.3) is 0 Å². The van der Waals surface area contributed by atoms with E-state index < -0.39 is 13.1 Å². The largest absolute Gasteiger partial charge is 0.492 e. The summed E-state index contributed by atoms with van der Waals surface area (Å²) in [6, 6.07) is 1.66. The summed E-state index contributed by atoms with van der Waals surface area (Å²) in [7, 11) is 1.70. The molecular weight excluding hydrogens is 241 g/mol. The van der Waals surface area contributed by atoms with Crippen molar-refractivity contribution >= 4 is 40.1 Å². The van der Waals surface area contributed by atoms with Gasteiger partial charge in [0.2, 0.25) is 0 Å². The average molecular weight is 251 g/mol. The first-order chi connectivity index (χ1) is 8.19. The van der Waals surface area contributed by atoms with Gasteiger partial charge in [0.15, 0.2) is 0 Å². The number of fused-ring (bicyclic) bond motifs is 1. The second-order valence-corrected chi connectivity index (χ2v) is 4.19. The number of esters is 1. The fourth-order valence-corrected chi connectivity index (χ4v) is 2.55. The van der Waals surface area contributed by atoms with Crippen molar-refractivity contribution in [3.63, 3.8) is 0 Å². The molecule has 2 aromatic rings. The Morgan fingerprint density at radius 1 is 1.53 bits per heavy atom. The molecule has 2 heterocycles. The molecule has 17 heavy (non-hydrogen) atoms. The van der Waals surface area contributed by atoms with Crippen molar-refractivity contribution < 1.29 is 19.2 Å². The van der Waals surface area contributed by atoms with Gasteiger partial charge in [-0.1, -0.05) is 0 Å². The Labute approximate surface area is 102 Å². The standard InChI is InChI=1S/C10H10BNO4S/c1-15-10(13)6-5-17-9-7(11(14)16-2)3-4-12-8(6)9/h3-5,14H,1-2H3. The van der Waals surface area contributed by atoms with Crippen LogP contribution >= 0.6 is 11.3 Å². The lowest BCUT2D eigenvalue weighted by molar-refractivity contribution is 0.0603. The van der Waals surface area contributed by atoms with E-state index in [4.69, 9.17) is 4.65 Å². The molecule has 0 amide bonds. The maximum absolute atomic E-state index is 11.5. The van der Waals surface area contributed by atoms with Crippen molar-refractivity contribution in [3.8, 4) is 0 Å². The minimum Gasteiger partial charge on any atom is -0.465 e. The summed E-state index contributed by atoms with van der Waals surface area (Å²) in [4.78, 5) is 15.6. The first kappa shape index (κ1) is 12.0. The van der Waals surface area contributed by atoms with E-state index in [1.807, 2.05) is 0 Å². The Bertz CT molecular complexity index is 556. The summed E-state index contributed by atoms with van der Waals surface area (Å²) >= 11 is 1.32. The number of methoxy groups -OCH3 is 1. The lowest BCUT2D eigenvalue weighted by Crippen LogP contribution is -2.32. The number of pyridine rings is 1. The van der Waals surface area contributed by atoms with Crippen LogP contribution in [0.5, 0.6) is 0 Å². The molecule has 0 saturated heterocycles. The lowest BCUT2D eigenvalue weighted by atomic mass is 9.80. The van der Waals surface area contributed by atoms with Gasteiger partial charge in [0.05, 0.1) is 22.9 Å². The maximum atomic E-state index is 11.5. The Hall–Kier alpha value is -1.44. The predicted octanol–water partition coefficient (Wildman–Crippen LogP) is 0.417. The number of ether oxygens (including phenoxy) is 1. The van der Waals surface area contributed by atoms with Gasteiger partial charge in [-0.25, -0.2) is 4.79 Å². The molecule has 2 aromatic heterocycles.